The van der Waals surface area contributed by atoms with E-state index in [0.717, 1.165) is 12.5 Å². The fourth-order valence-electron chi connectivity index (χ4n) is 1.80. The number of carboxylic acid groups (broad SMARTS) is 1. The Hall–Kier alpha value is -1.38. The number of carbonyl (C=O) groups is 1. The predicted octanol–water partition coefficient (Wildman–Crippen LogP) is 1.29. The van der Waals surface area contributed by atoms with Crippen LogP contribution in [-0.4, -0.2) is 50.6 Å². The highest BCUT2D eigenvalue weighted by Gasteiger charge is 2.23. The molecule has 0 saturated heterocycles. The van der Waals surface area contributed by atoms with Crippen molar-refractivity contribution in [2.45, 2.75) is 38.1 Å². The van der Waals surface area contributed by atoms with Crippen LogP contribution in [0.5, 0.6) is 0 Å². The summed E-state index contributed by atoms with van der Waals surface area (Å²) in [7, 11) is -1.84. The Morgan fingerprint density at radius 1 is 1.52 bits per heavy atom. The second kappa shape index (κ2) is 7.06. The lowest BCUT2D eigenvalue weighted by molar-refractivity contribution is 0.0661. The summed E-state index contributed by atoms with van der Waals surface area (Å²) in [5, 5.41) is 8.81. The van der Waals surface area contributed by atoms with Gasteiger partial charge < -0.3 is 14.4 Å². The van der Waals surface area contributed by atoms with Crippen molar-refractivity contribution in [3.8, 4) is 0 Å². The lowest BCUT2D eigenvalue weighted by Crippen LogP contribution is -2.37. The van der Waals surface area contributed by atoms with Gasteiger partial charge >= 0.3 is 5.97 Å². The van der Waals surface area contributed by atoms with Crippen molar-refractivity contribution >= 4 is 16.0 Å². The first kappa shape index (κ1) is 17.7. The van der Waals surface area contributed by atoms with E-state index in [9.17, 15) is 13.2 Å². The van der Waals surface area contributed by atoms with Gasteiger partial charge in [-0.1, -0.05) is 6.92 Å². The minimum atomic E-state index is -3.77. The third kappa shape index (κ3) is 4.55. The Bertz CT molecular complexity index is 594. The molecular weight excluding hydrogens is 296 g/mol. The molecule has 0 aromatic carbocycles. The molecule has 1 heterocycles. The summed E-state index contributed by atoms with van der Waals surface area (Å²) in [6.07, 6.45) is 0.978. The minimum Gasteiger partial charge on any atom is -0.475 e. The van der Waals surface area contributed by atoms with Crippen molar-refractivity contribution in [2.75, 3.05) is 20.1 Å². The maximum absolute atomic E-state index is 12.1. The molecule has 0 amide bonds. The molecule has 0 saturated carbocycles. The number of furan rings is 1. The molecule has 21 heavy (non-hydrogen) atoms. The van der Waals surface area contributed by atoms with Gasteiger partial charge in [0.1, 0.15) is 10.7 Å². The molecule has 0 bridgehead atoms. The van der Waals surface area contributed by atoms with Crippen LogP contribution in [0.2, 0.25) is 0 Å². The number of nitrogens with zero attached hydrogens (tertiary/aromatic N) is 1. The first-order chi connectivity index (χ1) is 9.69. The molecule has 1 rings (SSSR count). The number of aryl methyl sites for hydroxylation is 1. The van der Waals surface area contributed by atoms with Crippen molar-refractivity contribution < 1.29 is 22.7 Å². The van der Waals surface area contributed by atoms with Gasteiger partial charge in [0.15, 0.2) is 0 Å². The van der Waals surface area contributed by atoms with Gasteiger partial charge in [-0.25, -0.2) is 17.9 Å². The van der Waals surface area contributed by atoms with E-state index in [-0.39, 0.29) is 23.0 Å². The summed E-state index contributed by atoms with van der Waals surface area (Å²) < 4.78 is 31.6. The summed E-state index contributed by atoms with van der Waals surface area (Å²) >= 11 is 0. The number of sulfonamides is 1. The Morgan fingerprint density at radius 2 is 2.14 bits per heavy atom. The fourth-order valence-corrected chi connectivity index (χ4v) is 3.00. The van der Waals surface area contributed by atoms with Crippen LogP contribution in [0.15, 0.2) is 15.4 Å². The Morgan fingerprint density at radius 3 is 2.62 bits per heavy atom. The number of hydrogen-bond donors (Lipinski definition) is 2. The second-order valence-corrected chi connectivity index (χ2v) is 6.71. The monoisotopic (exact) mass is 318 g/mol. The third-order valence-corrected chi connectivity index (χ3v) is 5.04. The molecule has 0 fully saturated rings. The van der Waals surface area contributed by atoms with Crippen molar-refractivity contribution in [3.05, 3.63) is 17.6 Å². The van der Waals surface area contributed by atoms with Crippen molar-refractivity contribution in [2.24, 2.45) is 0 Å². The lowest BCUT2D eigenvalue weighted by atomic mass is 10.2. The van der Waals surface area contributed by atoms with Crippen LogP contribution in [0.25, 0.3) is 0 Å². The van der Waals surface area contributed by atoms with Crippen molar-refractivity contribution in [1.29, 1.82) is 0 Å². The van der Waals surface area contributed by atoms with Gasteiger partial charge in [0.05, 0.1) is 0 Å². The molecule has 1 aromatic heterocycles. The van der Waals surface area contributed by atoms with E-state index in [4.69, 9.17) is 9.52 Å². The quantitative estimate of drug-likeness (QED) is 0.749. The number of rotatable bonds is 8. The summed E-state index contributed by atoms with van der Waals surface area (Å²) in [6.45, 7) is 6.36. The highest BCUT2D eigenvalue weighted by Crippen LogP contribution is 2.19. The van der Waals surface area contributed by atoms with Crippen LogP contribution in [0.3, 0.4) is 0 Å². The molecule has 1 aromatic rings. The maximum atomic E-state index is 12.1. The zero-order valence-corrected chi connectivity index (χ0v) is 13.5. The number of nitrogens with one attached hydrogen (secondary N) is 1. The van der Waals surface area contributed by atoms with E-state index in [1.165, 1.54) is 6.92 Å². The molecule has 0 aliphatic rings. The van der Waals surface area contributed by atoms with Gasteiger partial charge in [0, 0.05) is 25.2 Å². The average Bonchev–Trinajstić information content (AvgIpc) is 2.80. The molecule has 0 aliphatic heterocycles. The lowest BCUT2D eigenvalue weighted by Gasteiger charge is -2.23. The summed E-state index contributed by atoms with van der Waals surface area (Å²) in [5.74, 6) is -1.61. The Kier molecular flexibility index (Phi) is 5.94. The van der Waals surface area contributed by atoms with Gasteiger partial charge in [-0.2, -0.15) is 0 Å². The van der Waals surface area contributed by atoms with Gasteiger partial charge in [-0.05, 0) is 27.3 Å². The molecule has 0 spiro atoms. The van der Waals surface area contributed by atoms with E-state index in [0.29, 0.717) is 12.6 Å². The van der Waals surface area contributed by atoms with Crippen molar-refractivity contribution in [3.63, 3.8) is 0 Å². The van der Waals surface area contributed by atoms with Crippen LogP contribution in [0.4, 0.5) is 0 Å². The highest BCUT2D eigenvalue weighted by atomic mass is 32.2. The molecule has 7 nitrogen and oxygen atoms in total. The van der Waals surface area contributed by atoms with Gasteiger partial charge in [0.25, 0.3) is 0 Å². The molecule has 2 N–H and O–H groups in total. The average molecular weight is 318 g/mol. The van der Waals surface area contributed by atoms with E-state index >= 15 is 0 Å². The number of hydrogen-bond acceptors (Lipinski definition) is 5. The van der Waals surface area contributed by atoms with Gasteiger partial charge in [-0.3, -0.25) is 0 Å². The number of carboxylic acids is 1. The topological polar surface area (TPSA) is 99.9 Å². The fraction of sp³-hybridized carbons (Fsp3) is 0.615. The highest BCUT2D eigenvalue weighted by molar-refractivity contribution is 7.89. The number of likely N-dealkylation sites (N-methyl/N-ethyl adjacent to an activating group) is 1. The Labute approximate surface area is 125 Å². The first-order valence-electron chi connectivity index (χ1n) is 6.72. The summed E-state index contributed by atoms with van der Waals surface area (Å²) in [6, 6.07) is 1.39. The largest absolute Gasteiger partial charge is 0.475 e. The van der Waals surface area contributed by atoms with Crippen molar-refractivity contribution in [1.82, 2.24) is 9.62 Å². The third-order valence-electron chi connectivity index (χ3n) is 3.47. The zero-order valence-electron chi connectivity index (χ0n) is 12.7. The molecule has 1 atom stereocenters. The molecule has 8 heteroatoms. The summed E-state index contributed by atoms with van der Waals surface area (Å²) in [4.78, 5) is 12.7. The molecule has 120 valence electrons. The summed E-state index contributed by atoms with van der Waals surface area (Å²) in [5.41, 5.74) is 0. The van der Waals surface area contributed by atoms with Crippen LogP contribution in [0, 0.1) is 6.92 Å². The van der Waals surface area contributed by atoms with Crippen LogP contribution >= 0.6 is 0 Å². The maximum Gasteiger partial charge on any atom is 0.371 e. The molecule has 1 unspecified atom stereocenters. The van der Waals surface area contributed by atoms with E-state index < -0.39 is 16.0 Å². The van der Waals surface area contributed by atoms with Gasteiger partial charge in [-0.15, -0.1) is 0 Å². The number of aromatic carboxylic acids is 1. The van der Waals surface area contributed by atoms with E-state index in [1.807, 2.05) is 11.9 Å². The van der Waals surface area contributed by atoms with Crippen LogP contribution in [0.1, 0.15) is 36.6 Å². The predicted molar refractivity (Wildman–Crippen MR) is 78.0 cm³/mol. The smallest absolute Gasteiger partial charge is 0.371 e. The van der Waals surface area contributed by atoms with Crippen LogP contribution < -0.4 is 4.72 Å². The normalized spacial score (nSPS) is 13.6. The van der Waals surface area contributed by atoms with E-state index in [2.05, 4.69) is 18.6 Å². The van der Waals surface area contributed by atoms with Gasteiger partial charge in [0.2, 0.25) is 15.8 Å². The zero-order chi connectivity index (χ0) is 16.2. The minimum absolute atomic E-state index is 0.0650. The first-order valence-corrected chi connectivity index (χ1v) is 8.21. The Balaban J connectivity index is 2.72. The van der Waals surface area contributed by atoms with E-state index in [1.54, 1.807) is 0 Å². The standard InChI is InChI=1S/C13H22N2O5S/c1-5-9(2)15(4)7-6-14-21(18,19)12-8-11(13(16)17)20-10(12)3/h8-9,14H,5-7H2,1-4H3,(H,16,17). The molecular formula is C13H22N2O5S. The molecule has 0 aliphatic carbocycles. The van der Waals surface area contributed by atoms with Crippen LogP contribution in [-0.2, 0) is 10.0 Å². The second-order valence-electron chi connectivity index (χ2n) is 4.97. The SMILES string of the molecule is CCC(C)N(C)CCNS(=O)(=O)c1cc(C(=O)O)oc1C. The molecule has 0 radical (unpaired) electrons.